The summed E-state index contributed by atoms with van der Waals surface area (Å²) in [6.07, 6.45) is 2.94. The highest BCUT2D eigenvalue weighted by Crippen LogP contribution is 2.42. The van der Waals surface area contributed by atoms with E-state index in [1.807, 2.05) is 31.2 Å². The summed E-state index contributed by atoms with van der Waals surface area (Å²) < 4.78 is 1.58. The summed E-state index contributed by atoms with van der Waals surface area (Å²) >= 11 is 2.70. The van der Waals surface area contributed by atoms with Gasteiger partial charge >= 0.3 is 5.97 Å². The molecule has 0 radical (unpaired) electrons. The van der Waals surface area contributed by atoms with Gasteiger partial charge in [-0.05, 0) is 55.2 Å². The van der Waals surface area contributed by atoms with Crippen molar-refractivity contribution in [3.05, 3.63) is 50.6 Å². The van der Waals surface area contributed by atoms with E-state index in [0.29, 0.717) is 16.5 Å². The summed E-state index contributed by atoms with van der Waals surface area (Å²) in [6, 6.07) is 7.69. The second kappa shape index (κ2) is 7.85. The first-order chi connectivity index (χ1) is 14.1. The summed E-state index contributed by atoms with van der Waals surface area (Å²) in [5, 5.41) is 10.3. The van der Waals surface area contributed by atoms with Crippen LogP contribution in [0, 0.1) is 18.3 Å². The van der Waals surface area contributed by atoms with E-state index in [0.717, 1.165) is 52.7 Å². The molecule has 0 bridgehead atoms. The Bertz CT molecular complexity index is 1170. The number of carboxylic acid groups (broad SMARTS) is 1. The SMILES string of the molecule is Cc1ccc(-n2c(SCC(=O)O)nc3sc4c(c3c2=O)CC[C@@H](C(C)(C)C)C4)cc1. The van der Waals surface area contributed by atoms with E-state index < -0.39 is 5.97 Å². The van der Waals surface area contributed by atoms with Crippen molar-refractivity contribution in [2.45, 2.75) is 52.1 Å². The highest BCUT2D eigenvalue weighted by molar-refractivity contribution is 7.99. The van der Waals surface area contributed by atoms with E-state index in [1.165, 1.54) is 4.88 Å². The molecule has 1 aliphatic carbocycles. The zero-order valence-corrected chi connectivity index (χ0v) is 19.3. The quantitative estimate of drug-likeness (QED) is 0.450. The Labute approximate surface area is 184 Å². The second-order valence-electron chi connectivity index (χ2n) is 9.04. The lowest BCUT2D eigenvalue weighted by atomic mass is 9.72. The van der Waals surface area contributed by atoms with Crippen LogP contribution in [0.25, 0.3) is 15.9 Å². The average Bonchev–Trinajstić information content (AvgIpc) is 3.04. The standard InChI is InChI=1S/C23H26N2O3S2/c1-13-5-8-15(9-6-13)25-21(28)19-16-10-7-14(23(2,3)4)11-17(16)30-20(19)24-22(25)29-12-18(26)27/h5-6,8-9,14H,7,10-12H2,1-4H3,(H,26,27)/t14-/m1/s1. The number of thioether (sulfide) groups is 1. The molecule has 0 saturated heterocycles. The molecular formula is C23H26N2O3S2. The summed E-state index contributed by atoms with van der Waals surface area (Å²) in [5.41, 5.74) is 3.09. The molecule has 1 aliphatic rings. The number of hydrogen-bond acceptors (Lipinski definition) is 5. The minimum absolute atomic E-state index is 0.0940. The molecule has 1 N–H and O–H groups in total. The lowest BCUT2D eigenvalue weighted by Crippen LogP contribution is -2.27. The third kappa shape index (κ3) is 3.93. The van der Waals surface area contributed by atoms with E-state index >= 15 is 0 Å². The average molecular weight is 443 g/mol. The maximum Gasteiger partial charge on any atom is 0.313 e. The van der Waals surface area contributed by atoms with Gasteiger partial charge in [0.1, 0.15) is 4.83 Å². The largest absolute Gasteiger partial charge is 0.481 e. The zero-order chi connectivity index (χ0) is 21.6. The van der Waals surface area contributed by atoms with E-state index in [9.17, 15) is 9.59 Å². The van der Waals surface area contributed by atoms with Gasteiger partial charge in [-0.3, -0.25) is 14.2 Å². The molecule has 30 heavy (non-hydrogen) atoms. The van der Waals surface area contributed by atoms with Crippen LogP contribution in [0.3, 0.4) is 0 Å². The van der Waals surface area contributed by atoms with Gasteiger partial charge in [-0.1, -0.05) is 50.2 Å². The molecule has 0 spiro atoms. The molecule has 1 aromatic carbocycles. The van der Waals surface area contributed by atoms with Crippen molar-refractivity contribution in [1.82, 2.24) is 9.55 Å². The Kier molecular flexibility index (Phi) is 5.53. The monoisotopic (exact) mass is 442 g/mol. The van der Waals surface area contributed by atoms with Crippen molar-refractivity contribution in [3.8, 4) is 5.69 Å². The van der Waals surface area contributed by atoms with Gasteiger partial charge in [0.05, 0.1) is 16.8 Å². The fourth-order valence-corrected chi connectivity index (χ4v) is 6.16. The van der Waals surface area contributed by atoms with Crippen LogP contribution in [0.4, 0.5) is 0 Å². The van der Waals surface area contributed by atoms with Crippen LogP contribution < -0.4 is 5.56 Å². The van der Waals surface area contributed by atoms with Crippen molar-refractivity contribution >= 4 is 39.3 Å². The molecule has 2 aromatic heterocycles. The molecule has 0 unspecified atom stereocenters. The second-order valence-corrected chi connectivity index (χ2v) is 11.1. The molecule has 4 rings (SSSR count). The molecule has 0 saturated carbocycles. The smallest absolute Gasteiger partial charge is 0.313 e. The van der Waals surface area contributed by atoms with E-state index in [4.69, 9.17) is 10.1 Å². The van der Waals surface area contributed by atoms with Crippen molar-refractivity contribution in [2.24, 2.45) is 11.3 Å². The highest BCUT2D eigenvalue weighted by atomic mass is 32.2. The number of nitrogens with zero attached hydrogens (tertiary/aromatic N) is 2. The topological polar surface area (TPSA) is 72.2 Å². The number of rotatable bonds is 4. The summed E-state index contributed by atoms with van der Waals surface area (Å²) in [7, 11) is 0. The molecule has 158 valence electrons. The number of carboxylic acids is 1. The van der Waals surface area contributed by atoms with Crippen LogP contribution in [-0.2, 0) is 17.6 Å². The Morgan fingerprint density at radius 2 is 2.00 bits per heavy atom. The predicted molar refractivity (Wildman–Crippen MR) is 123 cm³/mol. The van der Waals surface area contributed by atoms with Crippen LogP contribution in [0.2, 0.25) is 0 Å². The van der Waals surface area contributed by atoms with Gasteiger partial charge in [-0.15, -0.1) is 11.3 Å². The number of carbonyl (C=O) groups is 1. The molecule has 0 fully saturated rings. The predicted octanol–water partition coefficient (Wildman–Crippen LogP) is 5.08. The van der Waals surface area contributed by atoms with Crippen LogP contribution in [-0.4, -0.2) is 26.4 Å². The van der Waals surface area contributed by atoms with Gasteiger partial charge in [-0.25, -0.2) is 4.98 Å². The normalized spacial score (nSPS) is 16.6. The molecule has 3 aromatic rings. The van der Waals surface area contributed by atoms with Crippen molar-refractivity contribution in [2.75, 3.05) is 5.75 Å². The van der Waals surface area contributed by atoms with Gasteiger partial charge < -0.3 is 5.11 Å². The van der Waals surface area contributed by atoms with Gasteiger partial charge in [0.15, 0.2) is 5.16 Å². The van der Waals surface area contributed by atoms with E-state index in [2.05, 4.69) is 20.8 Å². The third-order valence-corrected chi connectivity index (χ3v) is 7.97. The fourth-order valence-electron chi connectivity index (χ4n) is 4.09. The van der Waals surface area contributed by atoms with Crippen LogP contribution >= 0.6 is 23.1 Å². The van der Waals surface area contributed by atoms with Crippen LogP contribution in [0.15, 0.2) is 34.2 Å². The number of fused-ring (bicyclic) bond motifs is 3. The van der Waals surface area contributed by atoms with E-state index in [1.54, 1.807) is 15.9 Å². The highest BCUT2D eigenvalue weighted by Gasteiger charge is 2.32. The van der Waals surface area contributed by atoms with Gasteiger partial charge in [-0.2, -0.15) is 0 Å². The maximum atomic E-state index is 13.7. The third-order valence-electron chi connectivity index (χ3n) is 5.89. The Morgan fingerprint density at radius 3 is 2.63 bits per heavy atom. The van der Waals surface area contributed by atoms with Gasteiger partial charge in [0, 0.05) is 4.88 Å². The first kappa shape index (κ1) is 21.1. The Hall–Kier alpha value is -2.12. The molecular weight excluding hydrogens is 416 g/mol. The number of hydrogen-bond donors (Lipinski definition) is 1. The van der Waals surface area contributed by atoms with Crippen molar-refractivity contribution < 1.29 is 9.90 Å². The molecule has 0 aliphatic heterocycles. The Balaban J connectivity index is 1.90. The van der Waals surface area contributed by atoms with Crippen molar-refractivity contribution in [3.63, 3.8) is 0 Å². The number of aromatic nitrogens is 2. The summed E-state index contributed by atoms with van der Waals surface area (Å²) in [5.74, 6) is -0.484. The fraction of sp³-hybridized carbons (Fsp3) is 0.435. The van der Waals surface area contributed by atoms with E-state index in [-0.39, 0.29) is 16.7 Å². The minimum Gasteiger partial charge on any atom is -0.481 e. The number of benzene rings is 1. The number of thiophene rings is 1. The number of aryl methyl sites for hydroxylation is 2. The maximum absolute atomic E-state index is 13.7. The van der Waals surface area contributed by atoms with Gasteiger partial charge in [0.2, 0.25) is 0 Å². The Morgan fingerprint density at radius 1 is 1.30 bits per heavy atom. The molecule has 2 heterocycles. The number of aliphatic carboxylic acids is 1. The van der Waals surface area contributed by atoms with Crippen LogP contribution in [0.5, 0.6) is 0 Å². The molecule has 5 nitrogen and oxygen atoms in total. The first-order valence-corrected chi connectivity index (χ1v) is 11.9. The van der Waals surface area contributed by atoms with Crippen LogP contribution in [0.1, 0.15) is 43.2 Å². The first-order valence-electron chi connectivity index (χ1n) is 10.1. The van der Waals surface area contributed by atoms with Crippen molar-refractivity contribution in [1.29, 1.82) is 0 Å². The molecule has 7 heteroatoms. The lowest BCUT2D eigenvalue weighted by molar-refractivity contribution is -0.133. The van der Waals surface area contributed by atoms with Gasteiger partial charge in [0.25, 0.3) is 5.56 Å². The lowest BCUT2D eigenvalue weighted by Gasteiger charge is -2.33. The minimum atomic E-state index is -0.928. The molecule has 0 amide bonds. The zero-order valence-electron chi connectivity index (χ0n) is 17.7. The molecule has 1 atom stereocenters. The summed E-state index contributed by atoms with van der Waals surface area (Å²) in [6.45, 7) is 8.83. The summed E-state index contributed by atoms with van der Waals surface area (Å²) in [4.78, 5) is 31.6.